The lowest BCUT2D eigenvalue weighted by atomic mass is 10.1. The van der Waals surface area contributed by atoms with E-state index >= 15 is 0 Å². The van der Waals surface area contributed by atoms with Crippen LogP contribution in [-0.2, 0) is 4.79 Å². The molecular formula is C11H15N3OS. The zero-order valence-corrected chi connectivity index (χ0v) is 10.1. The van der Waals surface area contributed by atoms with Gasteiger partial charge >= 0.3 is 0 Å². The summed E-state index contributed by atoms with van der Waals surface area (Å²) in [6.07, 6.45) is 0. The number of amides is 1. The number of para-hydroxylation sites is 1. The molecule has 0 saturated heterocycles. The molecule has 16 heavy (non-hydrogen) atoms. The molecule has 0 bridgehead atoms. The van der Waals surface area contributed by atoms with Gasteiger partial charge in [0.2, 0.25) is 5.91 Å². The van der Waals surface area contributed by atoms with Gasteiger partial charge in [-0.15, -0.1) is 0 Å². The van der Waals surface area contributed by atoms with E-state index in [0.717, 1.165) is 5.69 Å². The van der Waals surface area contributed by atoms with Gasteiger partial charge in [0.1, 0.15) is 5.54 Å². The van der Waals surface area contributed by atoms with Crippen molar-refractivity contribution in [1.29, 1.82) is 0 Å². The standard InChI is InChI=1S/C11H15N3OS/c1-11(2,9(12)15)14-10(16)13-8-6-4-3-5-7-8/h3-7H,1-2H3,(H2,12,15)(H2,13,14,16). The highest BCUT2D eigenvalue weighted by molar-refractivity contribution is 7.80. The summed E-state index contributed by atoms with van der Waals surface area (Å²) in [6.45, 7) is 3.35. The first-order valence-corrected chi connectivity index (χ1v) is 5.27. The van der Waals surface area contributed by atoms with Gasteiger partial charge in [-0.3, -0.25) is 4.79 Å². The number of hydrogen-bond donors (Lipinski definition) is 3. The first kappa shape index (κ1) is 12.4. The molecule has 1 aromatic carbocycles. The van der Waals surface area contributed by atoms with Crippen molar-refractivity contribution >= 4 is 28.9 Å². The van der Waals surface area contributed by atoms with Crippen LogP contribution in [0.15, 0.2) is 30.3 Å². The monoisotopic (exact) mass is 237 g/mol. The molecule has 0 saturated carbocycles. The van der Waals surface area contributed by atoms with Crippen molar-refractivity contribution < 1.29 is 4.79 Å². The Hall–Kier alpha value is -1.62. The molecule has 1 amide bonds. The van der Waals surface area contributed by atoms with Crippen molar-refractivity contribution in [1.82, 2.24) is 5.32 Å². The Morgan fingerprint density at radius 3 is 2.38 bits per heavy atom. The van der Waals surface area contributed by atoms with Crippen molar-refractivity contribution in [2.24, 2.45) is 5.73 Å². The zero-order chi connectivity index (χ0) is 12.2. The third-order valence-electron chi connectivity index (χ3n) is 2.07. The van der Waals surface area contributed by atoms with Crippen LogP contribution in [0.5, 0.6) is 0 Å². The van der Waals surface area contributed by atoms with E-state index in [-0.39, 0.29) is 0 Å². The van der Waals surface area contributed by atoms with Crippen LogP contribution in [0.25, 0.3) is 0 Å². The Morgan fingerprint density at radius 2 is 1.88 bits per heavy atom. The lowest BCUT2D eigenvalue weighted by molar-refractivity contribution is -0.122. The molecule has 4 nitrogen and oxygen atoms in total. The molecule has 86 valence electrons. The van der Waals surface area contributed by atoms with Gasteiger partial charge in [0.05, 0.1) is 0 Å². The third kappa shape index (κ3) is 3.51. The second-order valence-electron chi connectivity index (χ2n) is 3.93. The van der Waals surface area contributed by atoms with E-state index in [4.69, 9.17) is 18.0 Å². The predicted octanol–water partition coefficient (Wildman–Crippen LogP) is 1.24. The van der Waals surface area contributed by atoms with Gasteiger partial charge in [-0.05, 0) is 38.2 Å². The zero-order valence-electron chi connectivity index (χ0n) is 9.28. The lowest BCUT2D eigenvalue weighted by Gasteiger charge is -2.24. The van der Waals surface area contributed by atoms with Crippen LogP contribution >= 0.6 is 12.2 Å². The topological polar surface area (TPSA) is 67.2 Å². The summed E-state index contributed by atoms with van der Waals surface area (Å²) in [6, 6.07) is 9.46. The van der Waals surface area contributed by atoms with Gasteiger partial charge in [-0.1, -0.05) is 18.2 Å². The number of carbonyl (C=O) groups is 1. The van der Waals surface area contributed by atoms with Crippen LogP contribution in [0.3, 0.4) is 0 Å². The number of anilines is 1. The fourth-order valence-corrected chi connectivity index (χ4v) is 1.40. The molecular weight excluding hydrogens is 222 g/mol. The summed E-state index contributed by atoms with van der Waals surface area (Å²) in [5.74, 6) is -0.454. The number of hydrogen-bond acceptors (Lipinski definition) is 2. The second-order valence-corrected chi connectivity index (χ2v) is 4.34. The Kier molecular flexibility index (Phi) is 3.84. The molecule has 4 N–H and O–H groups in total. The molecule has 0 unspecified atom stereocenters. The highest BCUT2D eigenvalue weighted by Gasteiger charge is 2.25. The van der Waals surface area contributed by atoms with Crippen molar-refractivity contribution in [3.63, 3.8) is 0 Å². The largest absolute Gasteiger partial charge is 0.368 e. The summed E-state index contributed by atoms with van der Waals surface area (Å²) in [7, 11) is 0. The third-order valence-corrected chi connectivity index (χ3v) is 2.28. The second kappa shape index (κ2) is 4.94. The Bertz CT molecular complexity index is 389. The summed E-state index contributed by atoms with van der Waals surface area (Å²) in [5, 5.41) is 6.19. The van der Waals surface area contributed by atoms with E-state index in [1.807, 2.05) is 30.3 Å². The molecule has 1 rings (SSSR count). The first-order valence-electron chi connectivity index (χ1n) is 4.86. The number of nitrogens with one attached hydrogen (secondary N) is 2. The minimum Gasteiger partial charge on any atom is -0.368 e. The summed E-state index contributed by atoms with van der Waals surface area (Å²) >= 11 is 5.07. The first-order chi connectivity index (χ1) is 7.42. The van der Waals surface area contributed by atoms with Crippen molar-refractivity contribution in [2.75, 3.05) is 5.32 Å². The van der Waals surface area contributed by atoms with Crippen molar-refractivity contribution in [2.45, 2.75) is 19.4 Å². The van der Waals surface area contributed by atoms with Gasteiger partial charge in [0, 0.05) is 5.69 Å². The van der Waals surface area contributed by atoms with Crippen LogP contribution < -0.4 is 16.4 Å². The number of primary amides is 1. The summed E-state index contributed by atoms with van der Waals surface area (Å²) in [4.78, 5) is 11.1. The van der Waals surface area contributed by atoms with Gasteiger partial charge < -0.3 is 16.4 Å². The predicted molar refractivity (Wildman–Crippen MR) is 69.1 cm³/mol. The van der Waals surface area contributed by atoms with Crippen LogP contribution in [-0.4, -0.2) is 16.6 Å². The minimum atomic E-state index is -0.862. The lowest BCUT2D eigenvalue weighted by Crippen LogP contribution is -2.54. The van der Waals surface area contributed by atoms with Crippen molar-refractivity contribution in [3.05, 3.63) is 30.3 Å². The number of benzene rings is 1. The van der Waals surface area contributed by atoms with Crippen LogP contribution in [0.1, 0.15) is 13.8 Å². The highest BCUT2D eigenvalue weighted by Crippen LogP contribution is 2.06. The maximum atomic E-state index is 11.1. The van der Waals surface area contributed by atoms with Gasteiger partial charge in [0.25, 0.3) is 0 Å². The van der Waals surface area contributed by atoms with Gasteiger partial charge in [0.15, 0.2) is 5.11 Å². The molecule has 0 aromatic heterocycles. The normalized spacial score (nSPS) is 10.6. The Balaban J connectivity index is 2.58. The molecule has 0 atom stereocenters. The van der Waals surface area contributed by atoms with Crippen LogP contribution in [0.4, 0.5) is 5.69 Å². The smallest absolute Gasteiger partial charge is 0.242 e. The molecule has 0 aliphatic carbocycles. The van der Waals surface area contributed by atoms with E-state index < -0.39 is 11.4 Å². The maximum Gasteiger partial charge on any atom is 0.242 e. The van der Waals surface area contributed by atoms with Crippen LogP contribution in [0.2, 0.25) is 0 Å². The van der Waals surface area contributed by atoms with Crippen molar-refractivity contribution in [3.8, 4) is 0 Å². The fourth-order valence-electron chi connectivity index (χ4n) is 1.03. The number of nitrogens with two attached hydrogens (primary N) is 1. The molecule has 0 spiro atoms. The van der Waals surface area contributed by atoms with E-state index in [9.17, 15) is 4.79 Å². The molecule has 0 aliphatic heterocycles. The molecule has 0 radical (unpaired) electrons. The number of rotatable bonds is 3. The molecule has 1 aromatic rings. The van der Waals surface area contributed by atoms with Gasteiger partial charge in [-0.2, -0.15) is 0 Å². The van der Waals surface area contributed by atoms with E-state index in [2.05, 4.69) is 10.6 Å². The Labute approximate surface area is 100 Å². The maximum absolute atomic E-state index is 11.1. The quantitative estimate of drug-likeness (QED) is 0.692. The highest BCUT2D eigenvalue weighted by atomic mass is 32.1. The Morgan fingerprint density at radius 1 is 1.31 bits per heavy atom. The van der Waals surface area contributed by atoms with Gasteiger partial charge in [-0.25, -0.2) is 0 Å². The number of thiocarbonyl (C=S) groups is 1. The molecule has 0 aliphatic rings. The average Bonchev–Trinajstić information content (AvgIpc) is 2.17. The van der Waals surface area contributed by atoms with E-state index in [1.54, 1.807) is 13.8 Å². The SMILES string of the molecule is CC(C)(NC(=S)Nc1ccccc1)C(N)=O. The summed E-state index contributed by atoms with van der Waals surface area (Å²) < 4.78 is 0. The molecule has 0 heterocycles. The number of carbonyl (C=O) groups excluding carboxylic acids is 1. The van der Waals surface area contributed by atoms with E-state index in [1.165, 1.54) is 0 Å². The molecule has 0 fully saturated rings. The van der Waals surface area contributed by atoms with Crippen LogP contribution in [0, 0.1) is 0 Å². The fraction of sp³-hybridized carbons (Fsp3) is 0.273. The minimum absolute atomic E-state index is 0.370. The van der Waals surface area contributed by atoms with E-state index in [0.29, 0.717) is 5.11 Å². The average molecular weight is 237 g/mol. The molecule has 5 heteroatoms. The summed E-state index contributed by atoms with van der Waals surface area (Å²) in [5.41, 5.74) is 5.22.